The first-order chi connectivity index (χ1) is 21.2. The third-order valence-corrected chi connectivity index (χ3v) is 8.51. The molecule has 3 aromatic carbocycles. The molecule has 44 heavy (non-hydrogen) atoms. The molecular weight excluding hydrogens is 572 g/mol. The highest BCUT2D eigenvalue weighted by Crippen LogP contribution is 2.35. The number of carbonyl (C=O) groups excluding carboxylic acids is 1. The second-order valence-corrected chi connectivity index (χ2v) is 12.3. The van der Waals surface area contributed by atoms with Crippen molar-refractivity contribution in [3.05, 3.63) is 123 Å². The Kier molecular flexibility index (Phi) is 9.95. The predicted molar refractivity (Wildman–Crippen MR) is 174 cm³/mol. The number of anilines is 1. The summed E-state index contributed by atoms with van der Waals surface area (Å²) in [5, 5.41) is 10.4. The highest BCUT2D eigenvalue weighted by molar-refractivity contribution is 6.30. The van der Waals surface area contributed by atoms with E-state index >= 15 is 0 Å². The van der Waals surface area contributed by atoms with E-state index in [-0.39, 0.29) is 18.5 Å². The third-order valence-electron chi connectivity index (χ3n) is 8.25. The Morgan fingerprint density at radius 2 is 1.66 bits per heavy atom. The number of hydrogen-bond acceptors (Lipinski definition) is 5. The minimum atomic E-state index is -1.07. The minimum Gasteiger partial charge on any atom is -0.480 e. The Balaban J connectivity index is 1.47. The van der Waals surface area contributed by atoms with Crippen molar-refractivity contribution in [2.24, 2.45) is 0 Å². The van der Waals surface area contributed by atoms with Gasteiger partial charge in [0, 0.05) is 24.3 Å². The maximum absolute atomic E-state index is 14.0. The van der Waals surface area contributed by atoms with Gasteiger partial charge < -0.3 is 14.9 Å². The van der Waals surface area contributed by atoms with E-state index in [0.29, 0.717) is 41.0 Å². The number of carbonyl (C=O) groups is 2. The number of aromatic nitrogens is 2. The number of carboxylic acid groups (broad SMARTS) is 1. The number of benzene rings is 3. The van der Waals surface area contributed by atoms with Gasteiger partial charge in [-0.2, -0.15) is 0 Å². The average molecular weight is 611 g/mol. The van der Waals surface area contributed by atoms with Gasteiger partial charge in [0.15, 0.2) is 0 Å². The summed E-state index contributed by atoms with van der Waals surface area (Å²) < 4.78 is 0. The summed E-state index contributed by atoms with van der Waals surface area (Å²) >= 11 is 6.15. The van der Waals surface area contributed by atoms with E-state index < -0.39 is 12.5 Å². The molecular formula is C36H39ClN4O3. The lowest BCUT2D eigenvalue weighted by Crippen LogP contribution is -2.36. The summed E-state index contributed by atoms with van der Waals surface area (Å²) in [5.41, 5.74) is 6.48. The van der Waals surface area contributed by atoms with E-state index in [9.17, 15) is 14.7 Å². The van der Waals surface area contributed by atoms with E-state index in [1.165, 1.54) is 10.5 Å². The van der Waals surface area contributed by atoms with Crippen molar-refractivity contribution >= 4 is 29.4 Å². The van der Waals surface area contributed by atoms with Crippen LogP contribution < -0.4 is 4.90 Å². The van der Waals surface area contributed by atoms with Crippen molar-refractivity contribution in [1.82, 2.24) is 14.9 Å². The van der Waals surface area contributed by atoms with Gasteiger partial charge in [-0.3, -0.25) is 9.59 Å². The number of aliphatic carboxylic acids is 1. The molecule has 1 aliphatic heterocycles. The van der Waals surface area contributed by atoms with Crippen LogP contribution in [-0.2, 0) is 24.2 Å². The molecule has 1 fully saturated rings. The molecule has 1 N–H and O–H groups in total. The van der Waals surface area contributed by atoms with Gasteiger partial charge in [0.2, 0.25) is 5.95 Å². The molecule has 1 atom stereocenters. The van der Waals surface area contributed by atoms with Gasteiger partial charge in [0.25, 0.3) is 5.91 Å². The van der Waals surface area contributed by atoms with Gasteiger partial charge >= 0.3 is 5.97 Å². The summed E-state index contributed by atoms with van der Waals surface area (Å²) in [6, 6.07) is 24.3. The van der Waals surface area contributed by atoms with Gasteiger partial charge in [-0.15, -0.1) is 0 Å². The molecule has 1 aliphatic rings. The van der Waals surface area contributed by atoms with Crippen LogP contribution in [0, 0.1) is 6.92 Å². The fourth-order valence-electron chi connectivity index (χ4n) is 5.73. The van der Waals surface area contributed by atoms with E-state index in [4.69, 9.17) is 21.6 Å². The topological polar surface area (TPSA) is 86.6 Å². The number of carboxylic acids is 1. The van der Waals surface area contributed by atoms with Crippen LogP contribution in [0.4, 0.5) is 5.95 Å². The van der Waals surface area contributed by atoms with Gasteiger partial charge in [-0.25, -0.2) is 9.97 Å². The first kappa shape index (κ1) is 31.2. The number of hydrogen-bond donors (Lipinski definition) is 1. The van der Waals surface area contributed by atoms with Crippen molar-refractivity contribution in [2.45, 2.75) is 65.0 Å². The molecule has 0 unspecified atom stereocenters. The molecule has 5 rings (SSSR count). The van der Waals surface area contributed by atoms with E-state index in [1.807, 2.05) is 55.5 Å². The Morgan fingerprint density at radius 1 is 0.977 bits per heavy atom. The van der Waals surface area contributed by atoms with Crippen molar-refractivity contribution in [2.75, 3.05) is 18.0 Å². The predicted octanol–water partition coefficient (Wildman–Crippen LogP) is 7.42. The summed E-state index contributed by atoms with van der Waals surface area (Å²) in [4.78, 5) is 39.1. The standard InChI is InChI=1S/C36H39ClN4O3/c1-24(2)28-13-10-26(11-14-28)12-19-32-31(35(44)40(23-34(42)43)22-27-8-6-25(3)7-9-27)21-38-36(39-32)41-20-4-5-33(41)29-15-17-30(37)18-16-29/h6-11,13-18,21,24,33H,4-5,12,19-20,22-23H2,1-3H3,(H,42,43)/t33-/m1/s1. The number of aryl methyl sites for hydroxylation is 3. The lowest BCUT2D eigenvalue weighted by Gasteiger charge is -2.27. The average Bonchev–Trinajstić information content (AvgIpc) is 3.51. The Labute approximate surface area is 264 Å². The van der Waals surface area contributed by atoms with E-state index in [1.54, 1.807) is 6.20 Å². The molecule has 228 valence electrons. The molecule has 4 aromatic rings. The van der Waals surface area contributed by atoms with Crippen LogP contribution in [-0.4, -0.2) is 44.9 Å². The molecule has 1 amide bonds. The monoisotopic (exact) mass is 610 g/mol. The first-order valence-corrected chi connectivity index (χ1v) is 15.6. The second kappa shape index (κ2) is 14.0. The van der Waals surface area contributed by atoms with Crippen molar-refractivity contribution in [1.29, 1.82) is 0 Å². The van der Waals surface area contributed by atoms with Crippen LogP contribution in [0.15, 0.2) is 79.0 Å². The maximum Gasteiger partial charge on any atom is 0.323 e. The number of halogens is 1. The van der Waals surface area contributed by atoms with Crippen molar-refractivity contribution in [3.63, 3.8) is 0 Å². The SMILES string of the molecule is Cc1ccc(CN(CC(=O)O)C(=O)c2cnc(N3CCC[C@@H]3c3ccc(Cl)cc3)nc2CCc2ccc(C(C)C)cc2)cc1. The second-order valence-electron chi connectivity index (χ2n) is 11.9. The molecule has 2 heterocycles. The van der Waals surface area contributed by atoms with Crippen LogP contribution in [0.2, 0.25) is 5.02 Å². The van der Waals surface area contributed by atoms with Crippen LogP contribution in [0.3, 0.4) is 0 Å². The number of rotatable bonds is 11. The lowest BCUT2D eigenvalue weighted by atomic mass is 9.99. The Morgan fingerprint density at radius 3 is 2.32 bits per heavy atom. The summed E-state index contributed by atoms with van der Waals surface area (Å²) in [5.74, 6) is -0.439. The molecule has 0 bridgehead atoms. The van der Waals surface area contributed by atoms with E-state index in [2.05, 4.69) is 43.0 Å². The normalized spacial score (nSPS) is 14.7. The molecule has 1 saturated heterocycles. The zero-order valence-corrected chi connectivity index (χ0v) is 26.3. The molecule has 7 nitrogen and oxygen atoms in total. The quantitative estimate of drug-likeness (QED) is 0.190. The first-order valence-electron chi connectivity index (χ1n) is 15.2. The summed E-state index contributed by atoms with van der Waals surface area (Å²) in [6.07, 6.45) is 4.75. The third kappa shape index (κ3) is 7.64. The summed E-state index contributed by atoms with van der Waals surface area (Å²) in [6.45, 7) is 6.89. The summed E-state index contributed by atoms with van der Waals surface area (Å²) in [7, 11) is 0. The zero-order valence-electron chi connectivity index (χ0n) is 25.5. The Hall–Kier alpha value is -4.23. The smallest absolute Gasteiger partial charge is 0.323 e. The largest absolute Gasteiger partial charge is 0.480 e. The highest BCUT2D eigenvalue weighted by atomic mass is 35.5. The van der Waals surface area contributed by atoms with Crippen LogP contribution in [0.25, 0.3) is 0 Å². The van der Waals surface area contributed by atoms with Crippen LogP contribution in [0.1, 0.15) is 82.5 Å². The van der Waals surface area contributed by atoms with E-state index in [0.717, 1.165) is 41.6 Å². The molecule has 0 aliphatic carbocycles. The van der Waals surface area contributed by atoms with Crippen molar-refractivity contribution < 1.29 is 14.7 Å². The fraction of sp³-hybridized carbons (Fsp3) is 0.333. The maximum atomic E-state index is 14.0. The molecule has 8 heteroatoms. The highest BCUT2D eigenvalue weighted by Gasteiger charge is 2.30. The number of nitrogens with zero attached hydrogens (tertiary/aromatic N) is 4. The molecule has 0 radical (unpaired) electrons. The van der Waals surface area contributed by atoms with Gasteiger partial charge in [-0.1, -0.05) is 91.7 Å². The van der Waals surface area contributed by atoms with Gasteiger partial charge in [0.1, 0.15) is 6.54 Å². The Bertz CT molecular complexity index is 1590. The van der Waals surface area contributed by atoms with Crippen LogP contribution >= 0.6 is 11.6 Å². The lowest BCUT2D eigenvalue weighted by molar-refractivity contribution is -0.137. The fourth-order valence-corrected chi connectivity index (χ4v) is 5.86. The molecule has 0 saturated carbocycles. The minimum absolute atomic E-state index is 0.107. The van der Waals surface area contributed by atoms with Crippen LogP contribution in [0.5, 0.6) is 0 Å². The van der Waals surface area contributed by atoms with Gasteiger partial charge in [-0.05, 0) is 72.9 Å². The zero-order chi connectivity index (χ0) is 31.2. The molecule has 1 aromatic heterocycles. The molecule has 0 spiro atoms. The number of amides is 1. The van der Waals surface area contributed by atoms with Crippen molar-refractivity contribution in [3.8, 4) is 0 Å². The van der Waals surface area contributed by atoms with Gasteiger partial charge in [0.05, 0.1) is 17.3 Å².